The summed E-state index contributed by atoms with van der Waals surface area (Å²) in [5.41, 5.74) is 2.12. The molecule has 2 aromatic heterocycles. The van der Waals surface area contributed by atoms with Gasteiger partial charge in [0.1, 0.15) is 5.57 Å². The summed E-state index contributed by atoms with van der Waals surface area (Å²) in [6, 6.07) is 8.06. The molecule has 0 N–H and O–H groups in total. The maximum atomic E-state index is 13.7. The first kappa shape index (κ1) is 24.0. The molecule has 0 bridgehead atoms. The molecule has 0 aliphatic carbocycles. The third-order valence-corrected chi connectivity index (χ3v) is 6.35. The maximum Gasteiger partial charge on any atom is 0.327 e. The van der Waals surface area contributed by atoms with Crippen molar-refractivity contribution in [3.8, 4) is 11.6 Å². The van der Waals surface area contributed by atoms with Gasteiger partial charge in [-0.3, -0.25) is 14.5 Å². The molecule has 1 aromatic carbocycles. The fourth-order valence-electron chi connectivity index (χ4n) is 4.10. The molecule has 7 nitrogen and oxygen atoms in total. The van der Waals surface area contributed by atoms with E-state index in [1.54, 1.807) is 55.1 Å². The van der Waals surface area contributed by atoms with E-state index in [-0.39, 0.29) is 27.9 Å². The van der Waals surface area contributed by atoms with Crippen molar-refractivity contribution in [1.29, 1.82) is 0 Å². The average molecular weight is 499 g/mol. The van der Waals surface area contributed by atoms with E-state index in [0.29, 0.717) is 29.2 Å². The van der Waals surface area contributed by atoms with Crippen molar-refractivity contribution in [3.63, 3.8) is 0 Å². The lowest BCUT2D eigenvalue weighted by atomic mass is 10.0. The van der Waals surface area contributed by atoms with Gasteiger partial charge in [-0.15, -0.1) is 0 Å². The molecule has 0 saturated carbocycles. The summed E-state index contributed by atoms with van der Waals surface area (Å²) in [5, 5.41) is 18.9. The smallest absolute Gasteiger partial charge is 0.327 e. The van der Waals surface area contributed by atoms with E-state index in [0.717, 1.165) is 5.56 Å². The van der Waals surface area contributed by atoms with Gasteiger partial charge in [0.2, 0.25) is 0 Å². The van der Waals surface area contributed by atoms with Crippen molar-refractivity contribution >= 4 is 46.3 Å². The van der Waals surface area contributed by atoms with Gasteiger partial charge in [-0.25, -0.2) is 4.68 Å². The molecule has 0 saturated heterocycles. The molecule has 0 atom stereocenters. The molecule has 0 unspecified atom stereocenters. The number of aryl methyl sites for hydroxylation is 2. The van der Waals surface area contributed by atoms with Gasteiger partial charge in [0.05, 0.1) is 21.4 Å². The number of rotatable bonds is 6. The molecule has 4 rings (SSSR count). The molecule has 3 aromatic rings. The molecule has 2 amide bonds. The van der Waals surface area contributed by atoms with Crippen LogP contribution in [0.1, 0.15) is 44.0 Å². The van der Waals surface area contributed by atoms with Gasteiger partial charge in [0.25, 0.3) is 11.6 Å². The highest BCUT2D eigenvalue weighted by Crippen LogP contribution is 2.38. The topological polar surface area (TPSA) is 82.1 Å². The Bertz CT molecular complexity index is 1340. The third-order valence-electron chi connectivity index (χ3n) is 5.61. The number of pyridine rings is 1. The number of carbonyl (C=O) groups excluding carboxylic acids is 2. The van der Waals surface area contributed by atoms with Crippen LogP contribution in [0, 0.1) is 6.92 Å². The molecule has 176 valence electrons. The quantitative estimate of drug-likeness (QED) is 0.380. The van der Waals surface area contributed by atoms with Crippen molar-refractivity contribution in [2.45, 2.75) is 46.6 Å². The zero-order valence-corrected chi connectivity index (χ0v) is 20.8. The van der Waals surface area contributed by atoms with Crippen LogP contribution in [-0.2, 0) is 16.0 Å². The predicted molar refractivity (Wildman–Crippen MR) is 128 cm³/mol. The molecule has 3 heterocycles. The molecule has 9 heteroatoms. The van der Waals surface area contributed by atoms with Crippen LogP contribution in [0.4, 0.5) is 0 Å². The Hall–Kier alpha value is -3.16. The first-order valence-electron chi connectivity index (χ1n) is 11.0. The van der Waals surface area contributed by atoms with Gasteiger partial charge in [0, 0.05) is 23.2 Å². The zero-order chi connectivity index (χ0) is 24.7. The highest BCUT2D eigenvalue weighted by atomic mass is 35.5. The summed E-state index contributed by atoms with van der Waals surface area (Å²) in [7, 11) is 0. The van der Waals surface area contributed by atoms with Gasteiger partial charge in [0.15, 0.2) is 12.4 Å². The number of halogens is 2. The largest absolute Gasteiger partial charge is 0.858 e. The van der Waals surface area contributed by atoms with Crippen molar-refractivity contribution in [3.05, 3.63) is 69.6 Å². The lowest BCUT2D eigenvalue weighted by Gasteiger charge is -2.18. The number of hydrogen-bond acceptors (Lipinski definition) is 4. The van der Waals surface area contributed by atoms with E-state index in [1.165, 1.54) is 9.58 Å². The molecule has 34 heavy (non-hydrogen) atoms. The standard InChI is InChI=1S/C25H24Cl2N4O3/c1-5-7-19-20(24(33)31(28-19)16-9-10-17(26)18(27)12-16)21-22(29-11-6-8-15(4)13-29)25(34)30(14(2)3)23(21)32/h6,8-14H,5,7H2,1-4H3. The van der Waals surface area contributed by atoms with Gasteiger partial charge in [-0.2, -0.15) is 9.67 Å². The van der Waals surface area contributed by atoms with Gasteiger partial charge in [-0.05, 0) is 57.3 Å². The number of hydrogen-bond donors (Lipinski definition) is 0. The van der Waals surface area contributed by atoms with Crippen LogP contribution in [0.2, 0.25) is 10.0 Å². The highest BCUT2D eigenvalue weighted by molar-refractivity contribution is 6.45. The van der Waals surface area contributed by atoms with E-state index < -0.39 is 17.7 Å². The number of imide groups is 1. The van der Waals surface area contributed by atoms with Crippen LogP contribution in [0.15, 0.2) is 42.7 Å². The minimum Gasteiger partial charge on any atom is -0.858 e. The van der Waals surface area contributed by atoms with Gasteiger partial charge in [-0.1, -0.05) is 36.5 Å². The fraction of sp³-hybridized carbons (Fsp3) is 0.280. The number of benzene rings is 1. The van der Waals surface area contributed by atoms with Gasteiger partial charge >= 0.3 is 5.91 Å². The molecule has 1 aliphatic rings. The summed E-state index contributed by atoms with van der Waals surface area (Å²) < 4.78 is 2.82. The SMILES string of the molecule is CCCc1nn(-c2ccc(Cl)c(Cl)c2)c([O-])c1C1=C([n+]2cccc(C)c2)C(=O)N(C(C)C)C1=O. The average Bonchev–Trinajstić information content (AvgIpc) is 3.22. The first-order valence-corrected chi connectivity index (χ1v) is 11.8. The summed E-state index contributed by atoms with van der Waals surface area (Å²) in [6.07, 6.45) is 4.61. The van der Waals surface area contributed by atoms with Crippen molar-refractivity contribution < 1.29 is 19.3 Å². The van der Waals surface area contributed by atoms with E-state index >= 15 is 0 Å². The molecule has 1 aliphatic heterocycles. The van der Waals surface area contributed by atoms with Crippen LogP contribution >= 0.6 is 23.2 Å². The monoisotopic (exact) mass is 498 g/mol. The van der Waals surface area contributed by atoms with E-state index in [4.69, 9.17) is 23.2 Å². The predicted octanol–water partition coefficient (Wildman–Crippen LogP) is 3.95. The number of carbonyl (C=O) groups is 2. The fourth-order valence-corrected chi connectivity index (χ4v) is 4.39. The zero-order valence-electron chi connectivity index (χ0n) is 19.3. The van der Waals surface area contributed by atoms with E-state index in [9.17, 15) is 14.7 Å². The Morgan fingerprint density at radius 3 is 2.47 bits per heavy atom. The molecule has 0 radical (unpaired) electrons. The number of aromatic nitrogens is 3. The summed E-state index contributed by atoms with van der Waals surface area (Å²) in [4.78, 5) is 28.2. The summed E-state index contributed by atoms with van der Waals surface area (Å²) in [6.45, 7) is 7.38. The lowest BCUT2D eigenvalue weighted by Crippen LogP contribution is -2.42. The molecular weight excluding hydrogens is 475 g/mol. The lowest BCUT2D eigenvalue weighted by molar-refractivity contribution is -0.577. The van der Waals surface area contributed by atoms with Crippen LogP contribution in [0.3, 0.4) is 0 Å². The minimum absolute atomic E-state index is 0.0639. The third kappa shape index (κ3) is 3.99. The highest BCUT2D eigenvalue weighted by Gasteiger charge is 2.47. The second-order valence-electron chi connectivity index (χ2n) is 8.47. The van der Waals surface area contributed by atoms with Crippen molar-refractivity contribution in [1.82, 2.24) is 14.7 Å². The van der Waals surface area contributed by atoms with Crippen LogP contribution in [0.25, 0.3) is 17.0 Å². The maximum absolute atomic E-state index is 13.7. The normalized spacial score (nSPS) is 14.1. The number of nitrogens with zero attached hydrogens (tertiary/aromatic N) is 4. The van der Waals surface area contributed by atoms with Crippen LogP contribution in [0.5, 0.6) is 5.88 Å². The van der Waals surface area contributed by atoms with E-state index in [2.05, 4.69) is 5.10 Å². The molecule has 0 fully saturated rings. The van der Waals surface area contributed by atoms with Crippen molar-refractivity contribution in [2.75, 3.05) is 0 Å². The van der Waals surface area contributed by atoms with Gasteiger partial charge < -0.3 is 5.11 Å². The second kappa shape index (κ2) is 9.24. The second-order valence-corrected chi connectivity index (χ2v) is 9.29. The summed E-state index contributed by atoms with van der Waals surface area (Å²) in [5.74, 6) is -1.45. The minimum atomic E-state index is -0.507. The molecule has 0 spiro atoms. The Kier molecular flexibility index (Phi) is 6.51. The van der Waals surface area contributed by atoms with Crippen molar-refractivity contribution in [2.24, 2.45) is 0 Å². The number of amides is 2. The first-order chi connectivity index (χ1) is 16.1. The van der Waals surface area contributed by atoms with E-state index in [1.807, 2.05) is 19.9 Å². The van der Waals surface area contributed by atoms with Crippen LogP contribution in [-0.4, -0.2) is 32.5 Å². The van der Waals surface area contributed by atoms with Crippen LogP contribution < -0.4 is 9.67 Å². The Morgan fingerprint density at radius 1 is 1.12 bits per heavy atom. The Balaban J connectivity index is 2.02. The Labute approximate surface area is 207 Å². The molecular formula is C25H24Cl2N4O3. The summed E-state index contributed by atoms with van der Waals surface area (Å²) >= 11 is 12.2. The Morgan fingerprint density at radius 2 is 1.85 bits per heavy atom.